The number of pyridine rings is 1. The molecule has 0 amide bonds. The molecule has 0 radical (unpaired) electrons. The number of aryl methyl sites for hydroxylation is 1. The summed E-state index contributed by atoms with van der Waals surface area (Å²) in [4.78, 5) is 32.2. The number of carboxylic acid groups (broad SMARTS) is 1. The van der Waals surface area contributed by atoms with Crippen LogP contribution in [0.5, 0.6) is 0 Å². The van der Waals surface area contributed by atoms with Crippen LogP contribution in [-0.2, 0) is 11.3 Å². The number of anilines is 4. The van der Waals surface area contributed by atoms with Crippen molar-refractivity contribution in [2.75, 3.05) is 35.2 Å². The van der Waals surface area contributed by atoms with E-state index in [1.165, 1.54) is 18.2 Å². The molecule has 0 unspecified atom stereocenters. The van der Waals surface area contributed by atoms with Crippen LogP contribution in [0, 0.1) is 21.8 Å². The van der Waals surface area contributed by atoms with Crippen molar-refractivity contribution < 1.29 is 19.2 Å². The van der Waals surface area contributed by atoms with Gasteiger partial charge < -0.3 is 25.2 Å². The van der Waals surface area contributed by atoms with Crippen LogP contribution in [0.2, 0.25) is 0 Å². The number of hydrogen-bond acceptors (Lipinski definition) is 8. The van der Waals surface area contributed by atoms with E-state index < -0.39 is 22.6 Å². The smallest absolute Gasteiger partial charge is 0.311 e. The topological polar surface area (TPSA) is 138 Å². The Morgan fingerprint density at radius 3 is 2.71 bits per heavy atom. The number of rotatable bonds is 10. The number of halogens is 1. The van der Waals surface area contributed by atoms with Gasteiger partial charge in [-0.05, 0) is 43.5 Å². The third-order valence-electron chi connectivity index (χ3n) is 5.92. The van der Waals surface area contributed by atoms with E-state index in [-0.39, 0.29) is 11.5 Å². The zero-order valence-corrected chi connectivity index (χ0v) is 18.9. The van der Waals surface area contributed by atoms with Crippen LogP contribution in [0.4, 0.5) is 33.1 Å². The minimum Gasteiger partial charge on any atom is -0.481 e. The van der Waals surface area contributed by atoms with Gasteiger partial charge in [-0.3, -0.25) is 14.9 Å². The van der Waals surface area contributed by atoms with E-state index >= 15 is 0 Å². The highest BCUT2D eigenvalue weighted by Gasteiger charge is 2.26. The molecule has 1 aliphatic rings. The molecule has 3 N–H and O–H groups in total. The van der Waals surface area contributed by atoms with E-state index in [0.29, 0.717) is 49.7 Å². The molecule has 12 heteroatoms. The van der Waals surface area contributed by atoms with Crippen molar-refractivity contribution in [1.29, 1.82) is 0 Å². The lowest BCUT2D eigenvalue weighted by Gasteiger charge is -2.32. The number of aliphatic carboxylic acids is 1. The highest BCUT2D eigenvalue weighted by Crippen LogP contribution is 2.31. The second-order valence-corrected chi connectivity index (χ2v) is 8.29. The monoisotopic (exact) mass is 483 g/mol. The van der Waals surface area contributed by atoms with Gasteiger partial charge in [0, 0.05) is 50.3 Å². The van der Waals surface area contributed by atoms with Crippen molar-refractivity contribution in [2.24, 2.45) is 5.92 Å². The van der Waals surface area contributed by atoms with Gasteiger partial charge in [0.2, 0.25) is 5.82 Å². The van der Waals surface area contributed by atoms with Gasteiger partial charge in [0.15, 0.2) is 0 Å². The summed E-state index contributed by atoms with van der Waals surface area (Å²) >= 11 is 0. The second-order valence-electron chi connectivity index (χ2n) is 8.29. The van der Waals surface area contributed by atoms with Crippen molar-refractivity contribution in [3.63, 3.8) is 0 Å². The number of nitrogens with one attached hydrogen (secondary N) is 2. The fourth-order valence-electron chi connectivity index (χ4n) is 4.03. The number of nitrogens with zero attached hydrogens (tertiary/aromatic N) is 5. The molecule has 35 heavy (non-hydrogen) atoms. The predicted octanol–water partition coefficient (Wildman–Crippen LogP) is 3.87. The standard InChI is InChI=1S/C23H26FN7O4/c24-18-14-17(2-3-19(18)30-11-6-16(7-12-30)23(32)33)27-22-20(31(34)35)4-5-21(28-22)26-8-1-10-29-13-9-25-15-29/h2-5,9,13-16H,1,6-8,10-12H2,(H,32,33)(H2,26,27,28). The van der Waals surface area contributed by atoms with E-state index in [4.69, 9.17) is 5.11 Å². The summed E-state index contributed by atoms with van der Waals surface area (Å²) in [7, 11) is 0. The molecule has 184 valence electrons. The SMILES string of the molecule is O=C(O)C1CCN(c2ccc(Nc3nc(NCCCn4ccnc4)ccc3[N+](=O)[O-])cc2F)CC1. The average molecular weight is 484 g/mol. The lowest BCUT2D eigenvalue weighted by atomic mass is 9.96. The molecule has 3 heterocycles. The van der Waals surface area contributed by atoms with E-state index in [0.717, 1.165) is 13.0 Å². The number of imidazole rings is 1. The van der Waals surface area contributed by atoms with Crippen LogP contribution in [0.3, 0.4) is 0 Å². The minimum atomic E-state index is -0.825. The average Bonchev–Trinajstić information content (AvgIpc) is 3.36. The Kier molecular flexibility index (Phi) is 7.38. The summed E-state index contributed by atoms with van der Waals surface area (Å²) in [5.41, 5.74) is 0.462. The summed E-state index contributed by atoms with van der Waals surface area (Å²) in [6.45, 7) is 2.26. The van der Waals surface area contributed by atoms with Gasteiger partial charge in [-0.2, -0.15) is 0 Å². The number of carboxylic acids is 1. The van der Waals surface area contributed by atoms with Crippen LogP contribution < -0.4 is 15.5 Å². The Morgan fingerprint density at radius 2 is 2.06 bits per heavy atom. The number of benzene rings is 1. The lowest BCUT2D eigenvalue weighted by molar-refractivity contribution is -0.384. The largest absolute Gasteiger partial charge is 0.481 e. The van der Waals surface area contributed by atoms with Crippen molar-refractivity contribution in [3.8, 4) is 0 Å². The van der Waals surface area contributed by atoms with Gasteiger partial charge in [0.25, 0.3) is 0 Å². The van der Waals surface area contributed by atoms with Crippen molar-refractivity contribution >= 4 is 34.7 Å². The van der Waals surface area contributed by atoms with Crippen LogP contribution in [0.25, 0.3) is 0 Å². The minimum absolute atomic E-state index is 0.00373. The Labute approximate surface area is 200 Å². The lowest BCUT2D eigenvalue weighted by Crippen LogP contribution is -2.36. The van der Waals surface area contributed by atoms with Crippen molar-refractivity contribution in [3.05, 3.63) is 65.0 Å². The summed E-state index contributed by atoms with van der Waals surface area (Å²) in [6, 6.07) is 7.35. The Morgan fingerprint density at radius 1 is 1.26 bits per heavy atom. The number of hydrogen-bond donors (Lipinski definition) is 3. The molecule has 3 aromatic rings. The highest BCUT2D eigenvalue weighted by molar-refractivity contribution is 5.71. The summed E-state index contributed by atoms with van der Waals surface area (Å²) in [6.07, 6.45) is 7.01. The molecule has 1 saturated heterocycles. The van der Waals surface area contributed by atoms with E-state index in [1.807, 2.05) is 15.7 Å². The molecule has 1 fully saturated rings. The van der Waals surface area contributed by atoms with Crippen LogP contribution in [0.15, 0.2) is 49.1 Å². The zero-order valence-electron chi connectivity index (χ0n) is 18.9. The number of nitro groups is 1. The quantitative estimate of drug-likeness (QED) is 0.223. The molecule has 4 rings (SSSR count). The zero-order chi connectivity index (χ0) is 24.8. The molecular formula is C23H26FN7O4. The molecule has 0 bridgehead atoms. The summed E-state index contributed by atoms with van der Waals surface area (Å²) in [5, 5.41) is 26.6. The van der Waals surface area contributed by atoms with Gasteiger partial charge in [0.05, 0.1) is 22.9 Å². The number of aromatic nitrogens is 3. The molecule has 0 spiro atoms. The normalized spacial score (nSPS) is 14.0. The first-order chi connectivity index (χ1) is 16.9. The van der Waals surface area contributed by atoms with Crippen molar-refractivity contribution in [1.82, 2.24) is 14.5 Å². The highest BCUT2D eigenvalue weighted by atomic mass is 19.1. The first kappa shape index (κ1) is 23.9. The van der Waals surface area contributed by atoms with Gasteiger partial charge in [-0.25, -0.2) is 14.4 Å². The van der Waals surface area contributed by atoms with Crippen LogP contribution >= 0.6 is 0 Å². The fraction of sp³-hybridized carbons (Fsp3) is 0.348. The Bertz CT molecular complexity index is 1180. The van der Waals surface area contributed by atoms with Gasteiger partial charge in [-0.1, -0.05) is 0 Å². The Balaban J connectivity index is 1.42. The van der Waals surface area contributed by atoms with Gasteiger partial charge in [-0.15, -0.1) is 0 Å². The molecular weight excluding hydrogens is 457 g/mol. The van der Waals surface area contributed by atoms with E-state index in [1.54, 1.807) is 24.7 Å². The molecule has 0 atom stereocenters. The maximum absolute atomic E-state index is 14.9. The second kappa shape index (κ2) is 10.8. The van der Waals surface area contributed by atoms with Crippen molar-refractivity contribution in [2.45, 2.75) is 25.8 Å². The Hall–Kier alpha value is -4.22. The fourth-order valence-corrected chi connectivity index (χ4v) is 4.03. The van der Waals surface area contributed by atoms with Gasteiger partial charge >= 0.3 is 11.7 Å². The molecule has 1 aliphatic heterocycles. The molecule has 1 aromatic carbocycles. The molecule has 11 nitrogen and oxygen atoms in total. The maximum Gasteiger partial charge on any atom is 0.311 e. The molecule has 0 saturated carbocycles. The number of piperidine rings is 1. The molecule has 2 aromatic heterocycles. The first-order valence-electron chi connectivity index (χ1n) is 11.3. The summed E-state index contributed by atoms with van der Waals surface area (Å²) < 4.78 is 16.8. The van der Waals surface area contributed by atoms with Crippen LogP contribution in [-0.4, -0.2) is 50.2 Å². The number of carbonyl (C=O) groups is 1. The van der Waals surface area contributed by atoms with Gasteiger partial charge in [0.1, 0.15) is 11.6 Å². The van der Waals surface area contributed by atoms with E-state index in [9.17, 15) is 19.3 Å². The van der Waals surface area contributed by atoms with Crippen LogP contribution in [0.1, 0.15) is 19.3 Å². The predicted molar refractivity (Wildman–Crippen MR) is 128 cm³/mol. The first-order valence-corrected chi connectivity index (χ1v) is 11.3. The van der Waals surface area contributed by atoms with E-state index in [2.05, 4.69) is 20.6 Å². The maximum atomic E-state index is 14.9. The third kappa shape index (κ3) is 6.02. The molecule has 0 aliphatic carbocycles. The summed E-state index contributed by atoms with van der Waals surface area (Å²) in [5.74, 6) is -1.27. The third-order valence-corrected chi connectivity index (χ3v) is 5.92.